The third kappa shape index (κ3) is 3.49. The molecule has 0 radical (unpaired) electrons. The maximum absolute atomic E-state index is 11.8. The summed E-state index contributed by atoms with van der Waals surface area (Å²) in [6, 6.07) is 0. The molecule has 0 aliphatic carbocycles. The Balaban J connectivity index is 2.44. The lowest BCUT2D eigenvalue weighted by atomic mass is 9.75. The van der Waals surface area contributed by atoms with E-state index in [9.17, 15) is 4.79 Å². The van der Waals surface area contributed by atoms with Crippen molar-refractivity contribution < 1.29 is 14.3 Å². The zero-order valence-corrected chi connectivity index (χ0v) is 10.2. The Labute approximate surface area is 92.1 Å². The first-order valence-electron chi connectivity index (χ1n) is 5.79. The highest BCUT2D eigenvalue weighted by Crippen LogP contribution is 2.33. The fourth-order valence-electron chi connectivity index (χ4n) is 1.72. The molecule has 1 rings (SSSR count). The number of carbonyl (C=O) groups excluding carboxylic acids is 1. The lowest BCUT2D eigenvalue weighted by Crippen LogP contribution is -2.32. The number of carbonyl (C=O) groups is 1. The lowest BCUT2D eigenvalue weighted by molar-refractivity contribution is -0.153. The molecule has 1 fully saturated rings. The molecule has 0 amide bonds. The third-order valence-corrected chi connectivity index (χ3v) is 3.36. The minimum Gasteiger partial charge on any atom is -0.463 e. The van der Waals surface area contributed by atoms with Crippen molar-refractivity contribution in [1.29, 1.82) is 0 Å². The van der Waals surface area contributed by atoms with Gasteiger partial charge in [0.15, 0.2) is 0 Å². The van der Waals surface area contributed by atoms with Gasteiger partial charge in [-0.3, -0.25) is 4.79 Å². The summed E-state index contributed by atoms with van der Waals surface area (Å²) in [5, 5.41) is 0. The van der Waals surface area contributed by atoms with Crippen molar-refractivity contribution in [3.8, 4) is 0 Å². The van der Waals surface area contributed by atoms with Gasteiger partial charge < -0.3 is 9.47 Å². The van der Waals surface area contributed by atoms with E-state index in [1.807, 2.05) is 6.92 Å². The molecule has 3 nitrogen and oxygen atoms in total. The van der Waals surface area contributed by atoms with Crippen LogP contribution in [0.25, 0.3) is 0 Å². The van der Waals surface area contributed by atoms with Crippen molar-refractivity contribution in [1.82, 2.24) is 0 Å². The average molecular weight is 214 g/mol. The zero-order valence-electron chi connectivity index (χ0n) is 10.2. The molecule has 0 saturated carbocycles. The highest BCUT2D eigenvalue weighted by atomic mass is 16.6. The smallest absolute Gasteiger partial charge is 0.309 e. The first kappa shape index (κ1) is 12.5. The Morgan fingerprint density at radius 3 is 2.53 bits per heavy atom. The van der Waals surface area contributed by atoms with Gasteiger partial charge >= 0.3 is 5.97 Å². The lowest BCUT2D eigenvalue weighted by Gasteiger charge is -2.30. The third-order valence-electron chi connectivity index (χ3n) is 3.36. The van der Waals surface area contributed by atoms with Gasteiger partial charge in [0.2, 0.25) is 0 Å². The Morgan fingerprint density at radius 2 is 2.13 bits per heavy atom. The van der Waals surface area contributed by atoms with Gasteiger partial charge in [-0.2, -0.15) is 0 Å². The maximum atomic E-state index is 11.8. The van der Waals surface area contributed by atoms with E-state index in [0.717, 1.165) is 19.4 Å². The number of epoxide rings is 1. The zero-order chi connectivity index (χ0) is 11.5. The van der Waals surface area contributed by atoms with Crippen molar-refractivity contribution in [3.63, 3.8) is 0 Å². The van der Waals surface area contributed by atoms with Crippen LogP contribution in [0.2, 0.25) is 0 Å². The number of rotatable bonds is 6. The molecular formula is C12H22O3. The fourth-order valence-corrected chi connectivity index (χ4v) is 1.72. The highest BCUT2D eigenvalue weighted by molar-refractivity contribution is 5.73. The average Bonchev–Trinajstić information content (AvgIpc) is 2.99. The minimum atomic E-state index is -0.0696. The molecule has 1 aliphatic heterocycles. The molecule has 1 heterocycles. The summed E-state index contributed by atoms with van der Waals surface area (Å²) in [5.74, 6) is -0.0684. The van der Waals surface area contributed by atoms with Gasteiger partial charge in [-0.25, -0.2) is 0 Å². The van der Waals surface area contributed by atoms with Gasteiger partial charge in [0.05, 0.1) is 12.5 Å². The predicted octanol–water partition coefficient (Wildman–Crippen LogP) is 2.39. The summed E-state index contributed by atoms with van der Waals surface area (Å²) >= 11 is 0. The van der Waals surface area contributed by atoms with Gasteiger partial charge in [0, 0.05) is 0 Å². The second kappa shape index (κ2) is 4.97. The quantitative estimate of drug-likeness (QED) is 0.503. The number of hydrogen-bond acceptors (Lipinski definition) is 3. The fraction of sp³-hybridized carbons (Fsp3) is 0.917. The molecule has 88 valence electrons. The maximum Gasteiger partial charge on any atom is 0.309 e. The van der Waals surface area contributed by atoms with E-state index >= 15 is 0 Å². The van der Waals surface area contributed by atoms with Crippen LogP contribution in [0.3, 0.4) is 0 Å². The molecule has 0 spiro atoms. The van der Waals surface area contributed by atoms with Crippen LogP contribution in [-0.4, -0.2) is 25.3 Å². The first-order valence-corrected chi connectivity index (χ1v) is 5.79. The monoisotopic (exact) mass is 214 g/mol. The van der Waals surface area contributed by atoms with Crippen molar-refractivity contribution in [3.05, 3.63) is 0 Å². The van der Waals surface area contributed by atoms with Crippen molar-refractivity contribution in [2.75, 3.05) is 13.2 Å². The van der Waals surface area contributed by atoms with Crippen LogP contribution in [0.4, 0.5) is 0 Å². The van der Waals surface area contributed by atoms with E-state index in [0.29, 0.717) is 6.61 Å². The van der Waals surface area contributed by atoms with Crippen LogP contribution in [0.15, 0.2) is 0 Å². The number of hydrogen-bond donors (Lipinski definition) is 0. The van der Waals surface area contributed by atoms with Gasteiger partial charge in [-0.15, -0.1) is 0 Å². The van der Waals surface area contributed by atoms with E-state index < -0.39 is 0 Å². The van der Waals surface area contributed by atoms with Crippen LogP contribution in [0, 0.1) is 11.3 Å². The highest BCUT2D eigenvalue weighted by Gasteiger charge is 2.34. The summed E-state index contributed by atoms with van der Waals surface area (Å²) in [6.45, 7) is 9.55. The summed E-state index contributed by atoms with van der Waals surface area (Å²) in [5.41, 5.74) is 0.0240. The van der Waals surface area contributed by atoms with Crippen molar-refractivity contribution >= 4 is 5.97 Å². The largest absolute Gasteiger partial charge is 0.463 e. The molecule has 0 aromatic heterocycles. The second-order valence-electron chi connectivity index (χ2n) is 4.89. The summed E-state index contributed by atoms with van der Waals surface area (Å²) < 4.78 is 10.3. The summed E-state index contributed by atoms with van der Waals surface area (Å²) in [4.78, 5) is 11.8. The minimum absolute atomic E-state index is 0.00116. The molecule has 1 aliphatic rings. The topological polar surface area (TPSA) is 38.8 Å². The molecular weight excluding hydrogens is 192 g/mol. The Kier molecular flexibility index (Phi) is 4.14. The molecule has 3 heteroatoms. The van der Waals surface area contributed by atoms with Gasteiger partial charge in [0.1, 0.15) is 12.7 Å². The van der Waals surface area contributed by atoms with Crippen LogP contribution in [-0.2, 0) is 14.3 Å². The van der Waals surface area contributed by atoms with Gasteiger partial charge in [-0.05, 0) is 11.8 Å². The van der Waals surface area contributed by atoms with Crippen LogP contribution in [0.1, 0.15) is 40.5 Å². The molecule has 1 saturated heterocycles. The van der Waals surface area contributed by atoms with Crippen LogP contribution < -0.4 is 0 Å². The SMILES string of the molecule is CCC(C(=O)OCC1CO1)C(C)(C)CC. The van der Waals surface area contributed by atoms with E-state index in [-0.39, 0.29) is 23.4 Å². The van der Waals surface area contributed by atoms with E-state index in [1.54, 1.807) is 0 Å². The number of ether oxygens (including phenoxy) is 2. The van der Waals surface area contributed by atoms with Gasteiger partial charge in [0.25, 0.3) is 0 Å². The Morgan fingerprint density at radius 1 is 1.53 bits per heavy atom. The molecule has 0 N–H and O–H groups in total. The standard InChI is InChI=1S/C12H22O3/c1-5-10(12(3,4)6-2)11(13)15-8-9-7-14-9/h9-10H,5-8H2,1-4H3. The Bertz CT molecular complexity index is 219. The molecule has 0 aromatic carbocycles. The van der Waals surface area contributed by atoms with E-state index in [1.165, 1.54) is 0 Å². The first-order chi connectivity index (χ1) is 7.01. The molecule has 0 aromatic rings. The second-order valence-corrected chi connectivity index (χ2v) is 4.89. The number of esters is 1. The molecule has 15 heavy (non-hydrogen) atoms. The summed E-state index contributed by atoms with van der Waals surface area (Å²) in [6.07, 6.45) is 1.99. The predicted molar refractivity (Wildman–Crippen MR) is 58.6 cm³/mol. The van der Waals surface area contributed by atoms with Crippen molar-refractivity contribution in [2.24, 2.45) is 11.3 Å². The molecule has 2 unspecified atom stereocenters. The Hall–Kier alpha value is -0.570. The molecule has 2 atom stereocenters. The van der Waals surface area contributed by atoms with Crippen LogP contribution >= 0.6 is 0 Å². The van der Waals surface area contributed by atoms with Crippen LogP contribution in [0.5, 0.6) is 0 Å². The van der Waals surface area contributed by atoms with Gasteiger partial charge in [-0.1, -0.05) is 34.1 Å². The normalized spacial score (nSPS) is 22.3. The van der Waals surface area contributed by atoms with E-state index in [4.69, 9.17) is 9.47 Å². The van der Waals surface area contributed by atoms with E-state index in [2.05, 4.69) is 20.8 Å². The summed E-state index contributed by atoms with van der Waals surface area (Å²) in [7, 11) is 0. The molecule has 0 bridgehead atoms. The van der Waals surface area contributed by atoms with Crippen molar-refractivity contribution in [2.45, 2.75) is 46.6 Å².